The van der Waals surface area contributed by atoms with Crippen LogP contribution in [0.15, 0.2) is 14.3 Å². The van der Waals surface area contributed by atoms with E-state index >= 15 is 0 Å². The van der Waals surface area contributed by atoms with Crippen molar-refractivity contribution in [3.8, 4) is 0 Å². The van der Waals surface area contributed by atoms with Crippen LogP contribution in [-0.2, 0) is 14.1 Å². The quantitative estimate of drug-likeness (QED) is 0.661. The largest absolute Gasteiger partial charge is 0.329 e. The lowest BCUT2D eigenvalue weighted by Gasteiger charge is -1.97. The Morgan fingerprint density at radius 1 is 1.29 bits per heavy atom. The van der Waals surface area contributed by atoms with Crippen LogP contribution in [0.3, 0.4) is 0 Å². The number of nitrogens with one attached hydrogen (secondary N) is 1. The van der Waals surface area contributed by atoms with Gasteiger partial charge in [-0.3, -0.25) is 14.3 Å². The molecular weight excluding hydrogens is 252 g/mol. The SMILES string of the molecule is Cn1c(Br)nc2c1c(=O)[nH]c(=O)n2C. The zero-order valence-corrected chi connectivity index (χ0v) is 9.12. The molecule has 0 radical (unpaired) electrons. The molecule has 0 aliphatic heterocycles. The Morgan fingerprint density at radius 3 is 2.57 bits per heavy atom. The maximum atomic E-state index is 11.4. The van der Waals surface area contributed by atoms with Gasteiger partial charge in [-0.05, 0) is 15.9 Å². The molecule has 0 unspecified atom stereocenters. The second-order valence-corrected chi connectivity index (χ2v) is 3.64. The van der Waals surface area contributed by atoms with Crippen LogP contribution in [-0.4, -0.2) is 19.1 Å². The van der Waals surface area contributed by atoms with E-state index in [9.17, 15) is 9.59 Å². The van der Waals surface area contributed by atoms with Crippen molar-refractivity contribution in [1.29, 1.82) is 0 Å². The molecule has 74 valence electrons. The van der Waals surface area contributed by atoms with Gasteiger partial charge in [0.25, 0.3) is 5.56 Å². The minimum absolute atomic E-state index is 0.369. The first-order valence-electron chi connectivity index (χ1n) is 3.83. The third-order valence-electron chi connectivity index (χ3n) is 2.08. The molecule has 1 N–H and O–H groups in total. The highest BCUT2D eigenvalue weighted by molar-refractivity contribution is 9.10. The molecule has 2 aromatic heterocycles. The number of H-pyrrole nitrogens is 1. The number of aryl methyl sites for hydroxylation is 2. The van der Waals surface area contributed by atoms with Gasteiger partial charge in [0.15, 0.2) is 15.9 Å². The fourth-order valence-electron chi connectivity index (χ4n) is 1.28. The maximum Gasteiger partial charge on any atom is 0.329 e. The summed E-state index contributed by atoms with van der Waals surface area (Å²) in [4.78, 5) is 28.9. The van der Waals surface area contributed by atoms with Gasteiger partial charge < -0.3 is 4.57 Å². The van der Waals surface area contributed by atoms with Crippen molar-refractivity contribution in [2.24, 2.45) is 14.1 Å². The molecule has 0 aromatic carbocycles. The normalized spacial score (nSPS) is 11.1. The molecule has 2 aromatic rings. The summed E-state index contributed by atoms with van der Waals surface area (Å²) in [6.45, 7) is 0. The summed E-state index contributed by atoms with van der Waals surface area (Å²) in [6, 6.07) is 0. The third-order valence-corrected chi connectivity index (χ3v) is 2.79. The second kappa shape index (κ2) is 2.81. The Bertz CT molecular complexity index is 621. The van der Waals surface area contributed by atoms with Gasteiger partial charge in [0.2, 0.25) is 0 Å². The highest BCUT2D eigenvalue weighted by Gasteiger charge is 2.12. The molecule has 2 heterocycles. The Kier molecular flexibility index (Phi) is 1.84. The van der Waals surface area contributed by atoms with Crippen LogP contribution >= 0.6 is 15.9 Å². The zero-order chi connectivity index (χ0) is 10.5. The summed E-state index contributed by atoms with van der Waals surface area (Å²) in [7, 11) is 3.25. The monoisotopic (exact) mass is 258 g/mol. The molecule has 6 nitrogen and oxygen atoms in total. The molecular formula is C7H7BrN4O2. The summed E-state index contributed by atoms with van der Waals surface area (Å²) < 4.78 is 3.38. The zero-order valence-electron chi connectivity index (χ0n) is 7.54. The minimum Gasteiger partial charge on any atom is -0.316 e. The van der Waals surface area contributed by atoms with E-state index in [-0.39, 0.29) is 0 Å². The highest BCUT2D eigenvalue weighted by Crippen LogP contribution is 2.12. The van der Waals surface area contributed by atoms with Crippen molar-refractivity contribution < 1.29 is 0 Å². The number of nitrogens with zero attached hydrogens (tertiary/aromatic N) is 3. The summed E-state index contributed by atoms with van der Waals surface area (Å²) >= 11 is 3.19. The Balaban J connectivity index is 3.18. The van der Waals surface area contributed by atoms with Gasteiger partial charge >= 0.3 is 5.69 Å². The molecule has 0 bridgehead atoms. The third kappa shape index (κ3) is 1.05. The molecule has 0 spiro atoms. The predicted molar refractivity (Wildman–Crippen MR) is 54.3 cm³/mol. The van der Waals surface area contributed by atoms with E-state index in [4.69, 9.17) is 0 Å². The van der Waals surface area contributed by atoms with E-state index < -0.39 is 11.2 Å². The van der Waals surface area contributed by atoms with Crippen LogP contribution in [0.25, 0.3) is 11.2 Å². The Hall–Kier alpha value is -1.37. The van der Waals surface area contributed by atoms with E-state index in [1.165, 1.54) is 4.57 Å². The van der Waals surface area contributed by atoms with Gasteiger partial charge in [0, 0.05) is 14.1 Å². The molecule has 0 atom stereocenters. The fourth-order valence-corrected chi connectivity index (χ4v) is 1.63. The summed E-state index contributed by atoms with van der Waals surface area (Å²) in [6.07, 6.45) is 0. The summed E-state index contributed by atoms with van der Waals surface area (Å²) in [5.74, 6) is 0. The molecule has 0 amide bonds. The number of rotatable bonds is 0. The molecule has 14 heavy (non-hydrogen) atoms. The molecule has 0 saturated heterocycles. The van der Waals surface area contributed by atoms with Gasteiger partial charge in [0.1, 0.15) is 0 Å². The molecule has 7 heteroatoms. The van der Waals surface area contributed by atoms with Crippen molar-refractivity contribution in [3.05, 3.63) is 25.6 Å². The predicted octanol–water partition coefficient (Wildman–Crippen LogP) is -0.277. The molecule has 0 saturated carbocycles. The van der Waals surface area contributed by atoms with Gasteiger partial charge in [-0.15, -0.1) is 0 Å². The topological polar surface area (TPSA) is 72.7 Å². The number of aromatic nitrogens is 4. The number of aromatic amines is 1. The molecule has 2 rings (SSSR count). The number of halogens is 1. The number of fused-ring (bicyclic) bond motifs is 1. The van der Waals surface area contributed by atoms with Crippen LogP contribution in [0.2, 0.25) is 0 Å². The van der Waals surface area contributed by atoms with E-state index in [1.54, 1.807) is 18.7 Å². The van der Waals surface area contributed by atoms with Gasteiger partial charge in [-0.25, -0.2) is 9.78 Å². The molecule has 0 aliphatic carbocycles. The van der Waals surface area contributed by atoms with Crippen LogP contribution in [0.4, 0.5) is 0 Å². The van der Waals surface area contributed by atoms with Crippen LogP contribution < -0.4 is 11.2 Å². The lowest BCUT2D eigenvalue weighted by Crippen LogP contribution is -2.29. The van der Waals surface area contributed by atoms with Crippen LogP contribution in [0.5, 0.6) is 0 Å². The van der Waals surface area contributed by atoms with Crippen molar-refractivity contribution >= 4 is 27.1 Å². The van der Waals surface area contributed by atoms with Crippen LogP contribution in [0.1, 0.15) is 0 Å². The standard InChI is InChI=1S/C7H7BrN4O2/c1-11-3-4(9-6(11)8)12(2)7(14)10-5(3)13/h1-2H3,(H,10,13,14). The minimum atomic E-state index is -0.465. The first-order chi connectivity index (χ1) is 6.52. The molecule has 0 fully saturated rings. The Morgan fingerprint density at radius 2 is 1.93 bits per heavy atom. The smallest absolute Gasteiger partial charge is 0.316 e. The fraction of sp³-hybridized carbons (Fsp3) is 0.286. The number of hydrogen-bond acceptors (Lipinski definition) is 3. The van der Waals surface area contributed by atoms with Crippen molar-refractivity contribution in [3.63, 3.8) is 0 Å². The van der Waals surface area contributed by atoms with Crippen molar-refractivity contribution in [1.82, 2.24) is 19.1 Å². The number of imidazole rings is 1. The van der Waals surface area contributed by atoms with E-state index in [2.05, 4.69) is 25.9 Å². The van der Waals surface area contributed by atoms with Gasteiger partial charge in [0.05, 0.1) is 0 Å². The van der Waals surface area contributed by atoms with E-state index in [0.29, 0.717) is 15.9 Å². The van der Waals surface area contributed by atoms with Gasteiger partial charge in [-0.1, -0.05) is 0 Å². The van der Waals surface area contributed by atoms with Crippen LogP contribution in [0, 0.1) is 0 Å². The Labute approximate surface area is 86.3 Å². The maximum absolute atomic E-state index is 11.4. The highest BCUT2D eigenvalue weighted by atomic mass is 79.9. The average molecular weight is 259 g/mol. The number of hydrogen-bond donors (Lipinski definition) is 1. The van der Waals surface area contributed by atoms with Gasteiger partial charge in [-0.2, -0.15) is 0 Å². The van der Waals surface area contributed by atoms with Crippen molar-refractivity contribution in [2.45, 2.75) is 0 Å². The summed E-state index contributed by atoms with van der Waals surface area (Å²) in [5.41, 5.74) is -0.149. The lowest BCUT2D eigenvalue weighted by molar-refractivity contribution is 0.829. The first kappa shape index (κ1) is 9.20. The summed E-state index contributed by atoms with van der Waals surface area (Å²) in [5, 5.41) is 0. The van der Waals surface area contributed by atoms with Crippen molar-refractivity contribution in [2.75, 3.05) is 0 Å². The van der Waals surface area contributed by atoms with E-state index in [1.807, 2.05) is 0 Å². The first-order valence-corrected chi connectivity index (χ1v) is 4.63. The molecule has 0 aliphatic rings. The lowest BCUT2D eigenvalue weighted by atomic mass is 10.5. The van der Waals surface area contributed by atoms with E-state index in [0.717, 1.165) is 0 Å². The second-order valence-electron chi connectivity index (χ2n) is 2.93. The average Bonchev–Trinajstić information content (AvgIpc) is 2.40.